The van der Waals surface area contributed by atoms with E-state index in [4.69, 9.17) is 4.42 Å². The van der Waals surface area contributed by atoms with E-state index in [1.165, 1.54) is 93.9 Å². The number of para-hydroxylation sites is 1. The summed E-state index contributed by atoms with van der Waals surface area (Å²) in [6.07, 6.45) is 0. The van der Waals surface area contributed by atoms with Crippen LogP contribution in [0.4, 0.5) is 0 Å². The van der Waals surface area contributed by atoms with Crippen LogP contribution in [0.15, 0.2) is 192 Å². The normalized spacial score (nSPS) is 13.6. The van der Waals surface area contributed by atoms with Crippen LogP contribution in [0.2, 0.25) is 0 Å². The molecular formula is C53H31NO. The van der Waals surface area contributed by atoms with Crippen molar-refractivity contribution in [2.45, 2.75) is 5.41 Å². The lowest BCUT2D eigenvalue weighted by Gasteiger charge is -2.30. The lowest BCUT2D eigenvalue weighted by molar-refractivity contribution is 0.666. The van der Waals surface area contributed by atoms with Crippen LogP contribution < -0.4 is 0 Å². The van der Waals surface area contributed by atoms with Crippen molar-refractivity contribution in [3.63, 3.8) is 0 Å². The number of nitrogens with zero attached hydrogens (tertiary/aromatic N) is 1. The Balaban J connectivity index is 1.05. The SMILES string of the molecule is c1ccc2c(c1)-c1ccccc1C21c2ccccc2-c2cc3c(cc21)oc1cccc(-c2ccc4c(c2)c2ccccc2n4-c2ccc4ccccc4c2)c13. The molecule has 11 aromatic rings. The third kappa shape index (κ3) is 3.69. The van der Waals surface area contributed by atoms with Crippen molar-refractivity contribution in [1.82, 2.24) is 4.57 Å². The fourth-order valence-corrected chi connectivity index (χ4v) is 10.4. The molecule has 2 heteroatoms. The van der Waals surface area contributed by atoms with Crippen LogP contribution in [-0.2, 0) is 5.41 Å². The van der Waals surface area contributed by atoms with Crippen molar-refractivity contribution in [1.29, 1.82) is 0 Å². The zero-order valence-electron chi connectivity index (χ0n) is 29.8. The molecular weight excluding hydrogens is 667 g/mol. The molecule has 9 aromatic carbocycles. The number of hydrogen-bond acceptors (Lipinski definition) is 1. The Morgan fingerprint density at radius 2 is 1.00 bits per heavy atom. The second-order valence-electron chi connectivity index (χ2n) is 15.2. The van der Waals surface area contributed by atoms with E-state index in [9.17, 15) is 0 Å². The second-order valence-corrected chi connectivity index (χ2v) is 15.2. The highest BCUT2D eigenvalue weighted by Gasteiger charge is 2.51. The third-order valence-electron chi connectivity index (χ3n) is 12.6. The van der Waals surface area contributed by atoms with Gasteiger partial charge in [-0.25, -0.2) is 0 Å². The van der Waals surface area contributed by atoms with E-state index < -0.39 is 5.41 Å². The lowest BCUT2D eigenvalue weighted by atomic mass is 9.70. The fraction of sp³-hybridized carbons (Fsp3) is 0.0189. The predicted molar refractivity (Wildman–Crippen MR) is 227 cm³/mol. The molecule has 254 valence electrons. The van der Waals surface area contributed by atoms with Gasteiger partial charge in [-0.05, 0) is 115 Å². The van der Waals surface area contributed by atoms with Crippen molar-refractivity contribution in [2.24, 2.45) is 0 Å². The first-order valence-electron chi connectivity index (χ1n) is 19.1. The van der Waals surface area contributed by atoms with Crippen molar-refractivity contribution < 1.29 is 4.42 Å². The lowest BCUT2D eigenvalue weighted by Crippen LogP contribution is -2.25. The molecule has 2 aromatic heterocycles. The van der Waals surface area contributed by atoms with Gasteiger partial charge in [0, 0.05) is 27.2 Å². The number of fused-ring (bicyclic) bond motifs is 17. The summed E-state index contributed by atoms with van der Waals surface area (Å²) in [4.78, 5) is 0. The minimum atomic E-state index is -0.403. The highest BCUT2D eigenvalue weighted by molar-refractivity contribution is 6.16. The van der Waals surface area contributed by atoms with Crippen LogP contribution in [0.3, 0.4) is 0 Å². The standard InChI is InChI=1S/C53H31NO/c1-2-13-33-28-35(26-24-32(33)12-1)54-48-22-10-6-17-40(48)42-29-34(25-27-49(42)54)36-18-11-23-50-52(36)43-30-41-39-16-5-9-21-46(39)53(47(41)31-51(43)55-50)44-19-7-3-14-37(44)38-15-4-8-20-45(38)53/h1-31H. The summed E-state index contributed by atoms with van der Waals surface area (Å²) in [7, 11) is 0. The molecule has 13 rings (SSSR count). The Morgan fingerprint density at radius 1 is 0.364 bits per heavy atom. The van der Waals surface area contributed by atoms with E-state index >= 15 is 0 Å². The smallest absolute Gasteiger partial charge is 0.136 e. The first-order valence-corrected chi connectivity index (χ1v) is 19.1. The van der Waals surface area contributed by atoms with E-state index in [2.05, 4.69) is 193 Å². The van der Waals surface area contributed by atoms with Gasteiger partial charge in [0.05, 0.1) is 16.4 Å². The molecule has 2 aliphatic rings. The summed E-state index contributed by atoms with van der Waals surface area (Å²) < 4.78 is 9.28. The molecule has 2 aliphatic carbocycles. The van der Waals surface area contributed by atoms with Crippen LogP contribution in [0, 0.1) is 0 Å². The minimum Gasteiger partial charge on any atom is -0.456 e. The second kappa shape index (κ2) is 10.5. The van der Waals surface area contributed by atoms with E-state index in [-0.39, 0.29) is 0 Å². The molecule has 0 radical (unpaired) electrons. The Morgan fingerprint density at radius 3 is 1.78 bits per heavy atom. The number of aromatic nitrogens is 1. The number of rotatable bonds is 2. The van der Waals surface area contributed by atoms with Gasteiger partial charge in [-0.3, -0.25) is 0 Å². The quantitative estimate of drug-likeness (QED) is 0.176. The van der Waals surface area contributed by atoms with Crippen molar-refractivity contribution >= 4 is 54.5 Å². The van der Waals surface area contributed by atoms with Crippen molar-refractivity contribution in [3.8, 4) is 39.1 Å². The zero-order valence-corrected chi connectivity index (χ0v) is 29.8. The Labute approximate surface area is 317 Å². The maximum atomic E-state index is 6.87. The summed E-state index contributed by atoms with van der Waals surface area (Å²) in [5.41, 5.74) is 17.9. The average molecular weight is 698 g/mol. The van der Waals surface area contributed by atoms with Gasteiger partial charge in [0.1, 0.15) is 11.2 Å². The summed E-state index contributed by atoms with van der Waals surface area (Å²) in [5, 5.41) is 7.27. The Kier molecular flexibility index (Phi) is 5.59. The number of furan rings is 1. The molecule has 55 heavy (non-hydrogen) atoms. The monoisotopic (exact) mass is 697 g/mol. The van der Waals surface area contributed by atoms with Crippen molar-refractivity contribution in [2.75, 3.05) is 0 Å². The highest BCUT2D eigenvalue weighted by Crippen LogP contribution is 2.63. The van der Waals surface area contributed by atoms with Gasteiger partial charge in [0.15, 0.2) is 0 Å². The van der Waals surface area contributed by atoms with Gasteiger partial charge in [-0.15, -0.1) is 0 Å². The molecule has 0 aliphatic heterocycles. The molecule has 0 unspecified atom stereocenters. The van der Waals surface area contributed by atoms with Gasteiger partial charge in [-0.2, -0.15) is 0 Å². The molecule has 0 saturated carbocycles. The fourth-order valence-electron chi connectivity index (χ4n) is 10.4. The van der Waals surface area contributed by atoms with Crippen molar-refractivity contribution in [3.05, 3.63) is 210 Å². The summed E-state index contributed by atoms with van der Waals surface area (Å²) in [5.74, 6) is 0. The first kappa shape index (κ1) is 29.3. The molecule has 2 nitrogen and oxygen atoms in total. The Hall–Kier alpha value is -7.16. The molecule has 0 atom stereocenters. The van der Waals surface area contributed by atoms with Crippen LogP contribution in [-0.4, -0.2) is 4.57 Å². The molecule has 0 saturated heterocycles. The molecule has 0 N–H and O–H groups in total. The number of benzene rings is 9. The van der Waals surface area contributed by atoms with Gasteiger partial charge < -0.3 is 8.98 Å². The first-order chi connectivity index (χ1) is 27.3. The molecule has 2 heterocycles. The maximum Gasteiger partial charge on any atom is 0.136 e. The van der Waals surface area contributed by atoms with E-state index in [1.54, 1.807) is 0 Å². The molecule has 0 bridgehead atoms. The largest absolute Gasteiger partial charge is 0.456 e. The van der Waals surface area contributed by atoms with E-state index in [0.717, 1.165) is 21.9 Å². The van der Waals surface area contributed by atoms with Gasteiger partial charge in [0.25, 0.3) is 0 Å². The van der Waals surface area contributed by atoms with Crippen LogP contribution in [0.25, 0.3) is 93.6 Å². The zero-order chi connectivity index (χ0) is 35.8. The van der Waals surface area contributed by atoms with Gasteiger partial charge in [-0.1, -0.05) is 140 Å². The van der Waals surface area contributed by atoms with Crippen LogP contribution >= 0.6 is 0 Å². The van der Waals surface area contributed by atoms with Crippen LogP contribution in [0.5, 0.6) is 0 Å². The highest BCUT2D eigenvalue weighted by atomic mass is 16.3. The average Bonchev–Trinajstić information content (AvgIpc) is 3.96. The predicted octanol–water partition coefficient (Wildman–Crippen LogP) is 13.8. The summed E-state index contributed by atoms with van der Waals surface area (Å²) in [6, 6.07) is 69.3. The third-order valence-corrected chi connectivity index (χ3v) is 12.6. The Bertz CT molecular complexity index is 3400. The molecule has 0 amide bonds. The van der Waals surface area contributed by atoms with E-state index in [1.807, 2.05) is 0 Å². The van der Waals surface area contributed by atoms with Crippen LogP contribution in [0.1, 0.15) is 22.3 Å². The topological polar surface area (TPSA) is 18.1 Å². The molecule has 1 spiro atoms. The van der Waals surface area contributed by atoms with E-state index in [0.29, 0.717) is 0 Å². The number of hydrogen-bond donors (Lipinski definition) is 0. The summed E-state index contributed by atoms with van der Waals surface area (Å²) >= 11 is 0. The summed E-state index contributed by atoms with van der Waals surface area (Å²) in [6.45, 7) is 0. The maximum absolute atomic E-state index is 6.87. The minimum absolute atomic E-state index is 0.403. The molecule has 0 fully saturated rings. The van der Waals surface area contributed by atoms with Gasteiger partial charge in [0.2, 0.25) is 0 Å². The van der Waals surface area contributed by atoms with Gasteiger partial charge >= 0.3 is 0 Å².